The largest absolute Gasteiger partial charge is 0.508 e. The highest BCUT2D eigenvalue weighted by molar-refractivity contribution is 6.31. The van der Waals surface area contributed by atoms with Gasteiger partial charge in [-0.2, -0.15) is 0 Å². The first-order valence-electron chi connectivity index (χ1n) is 9.69. The molecule has 3 nitrogen and oxygen atoms in total. The number of aromatic hydroxyl groups is 1. The Morgan fingerprint density at radius 3 is 2.48 bits per heavy atom. The van der Waals surface area contributed by atoms with E-state index in [1.54, 1.807) is 12.1 Å². The molecule has 0 aromatic heterocycles. The van der Waals surface area contributed by atoms with Crippen LogP contribution in [-0.2, 0) is 6.42 Å². The number of phenolic OH excluding ortho intramolecular Hbond substituents is 1. The lowest BCUT2D eigenvalue weighted by molar-refractivity contribution is 0.413. The molecule has 4 rings (SSSR count). The van der Waals surface area contributed by atoms with Gasteiger partial charge in [-0.1, -0.05) is 66.5 Å². The molecule has 1 aliphatic heterocycles. The first-order chi connectivity index (χ1) is 14.0. The van der Waals surface area contributed by atoms with Crippen molar-refractivity contribution in [3.05, 3.63) is 99.0 Å². The first-order valence-corrected chi connectivity index (χ1v) is 10.4. The van der Waals surface area contributed by atoms with Crippen LogP contribution in [0, 0.1) is 0 Å². The van der Waals surface area contributed by atoms with E-state index in [2.05, 4.69) is 36.5 Å². The Morgan fingerprint density at radius 1 is 1.00 bits per heavy atom. The van der Waals surface area contributed by atoms with Crippen LogP contribution in [0.5, 0.6) is 5.75 Å². The van der Waals surface area contributed by atoms with E-state index in [1.807, 2.05) is 30.3 Å². The summed E-state index contributed by atoms with van der Waals surface area (Å²) in [6, 6.07) is 21.2. The van der Waals surface area contributed by atoms with Gasteiger partial charge in [0.25, 0.3) is 0 Å². The third kappa shape index (κ3) is 4.48. The van der Waals surface area contributed by atoms with Crippen LogP contribution < -0.4 is 5.32 Å². The summed E-state index contributed by atoms with van der Waals surface area (Å²) in [5, 5.41) is 15.3. The SMILES string of the molecule is CCc1ccc(C2=N[C@H](c3cccc(Cl)c3)N[C@H](c3cc(Cl)ccc3O)C2)cc1. The fourth-order valence-corrected chi connectivity index (χ4v) is 4.04. The monoisotopic (exact) mass is 424 g/mol. The van der Waals surface area contributed by atoms with Gasteiger partial charge in [0.1, 0.15) is 11.9 Å². The van der Waals surface area contributed by atoms with E-state index in [-0.39, 0.29) is 18.0 Å². The van der Waals surface area contributed by atoms with Crippen molar-refractivity contribution in [1.29, 1.82) is 0 Å². The van der Waals surface area contributed by atoms with Crippen LogP contribution in [0.2, 0.25) is 10.0 Å². The summed E-state index contributed by atoms with van der Waals surface area (Å²) < 4.78 is 0. The number of nitrogens with one attached hydrogen (secondary N) is 1. The highest BCUT2D eigenvalue weighted by Gasteiger charge is 2.28. The van der Waals surface area contributed by atoms with Crippen molar-refractivity contribution in [2.24, 2.45) is 4.99 Å². The second-order valence-electron chi connectivity index (χ2n) is 7.21. The van der Waals surface area contributed by atoms with Crippen molar-refractivity contribution >= 4 is 28.9 Å². The molecule has 0 radical (unpaired) electrons. The van der Waals surface area contributed by atoms with Crippen molar-refractivity contribution in [3.63, 3.8) is 0 Å². The highest BCUT2D eigenvalue weighted by atomic mass is 35.5. The minimum atomic E-state index is -0.272. The fraction of sp³-hybridized carbons (Fsp3) is 0.208. The van der Waals surface area contributed by atoms with Gasteiger partial charge in [0.15, 0.2) is 0 Å². The van der Waals surface area contributed by atoms with Gasteiger partial charge in [-0.05, 0) is 53.4 Å². The number of phenols is 1. The summed E-state index contributed by atoms with van der Waals surface area (Å²) in [7, 11) is 0. The van der Waals surface area contributed by atoms with Gasteiger partial charge in [0, 0.05) is 33.8 Å². The Morgan fingerprint density at radius 2 is 1.76 bits per heavy atom. The van der Waals surface area contributed by atoms with E-state index < -0.39 is 0 Å². The second kappa shape index (κ2) is 8.58. The van der Waals surface area contributed by atoms with Gasteiger partial charge in [-0.15, -0.1) is 0 Å². The van der Waals surface area contributed by atoms with Crippen molar-refractivity contribution in [3.8, 4) is 5.75 Å². The smallest absolute Gasteiger partial charge is 0.126 e. The normalized spacial score (nSPS) is 19.1. The van der Waals surface area contributed by atoms with Crippen molar-refractivity contribution in [1.82, 2.24) is 5.32 Å². The van der Waals surface area contributed by atoms with E-state index in [9.17, 15) is 5.11 Å². The third-order valence-corrected chi connectivity index (χ3v) is 5.74. The predicted molar refractivity (Wildman–Crippen MR) is 120 cm³/mol. The van der Waals surface area contributed by atoms with Crippen LogP contribution in [0.25, 0.3) is 0 Å². The molecule has 2 atom stereocenters. The molecule has 0 saturated heterocycles. The van der Waals surface area contributed by atoms with Gasteiger partial charge >= 0.3 is 0 Å². The summed E-state index contributed by atoms with van der Waals surface area (Å²) in [5.74, 6) is 0.222. The number of aryl methyl sites for hydroxylation is 1. The molecule has 0 bridgehead atoms. The first kappa shape index (κ1) is 20.0. The number of hydrogen-bond acceptors (Lipinski definition) is 3. The number of benzene rings is 3. The second-order valence-corrected chi connectivity index (χ2v) is 8.08. The van der Waals surface area contributed by atoms with E-state index in [1.165, 1.54) is 5.56 Å². The van der Waals surface area contributed by atoms with Gasteiger partial charge in [-0.25, -0.2) is 0 Å². The van der Waals surface area contributed by atoms with E-state index in [0.717, 1.165) is 28.8 Å². The maximum absolute atomic E-state index is 10.5. The van der Waals surface area contributed by atoms with Gasteiger partial charge < -0.3 is 5.11 Å². The molecule has 0 saturated carbocycles. The standard InChI is InChI=1S/C24H22Cl2N2O/c1-2-15-6-8-16(9-7-15)21-14-22(20-13-19(26)10-11-23(20)29)28-24(27-21)17-4-3-5-18(25)12-17/h3-13,22,24,28-29H,2,14H2,1H3/t22-,24-/m0/s1. The molecule has 1 aliphatic rings. The van der Waals surface area contributed by atoms with Crippen LogP contribution in [0.4, 0.5) is 0 Å². The summed E-state index contributed by atoms with van der Waals surface area (Å²) in [6.07, 6.45) is 1.38. The molecule has 29 heavy (non-hydrogen) atoms. The highest BCUT2D eigenvalue weighted by Crippen LogP contribution is 2.36. The Hall–Kier alpha value is -2.33. The zero-order chi connectivity index (χ0) is 20.4. The Kier molecular flexibility index (Phi) is 5.91. The third-order valence-electron chi connectivity index (χ3n) is 5.27. The molecule has 3 aromatic rings. The number of halogens is 2. The van der Waals surface area contributed by atoms with Gasteiger partial charge in [-0.3, -0.25) is 10.3 Å². The maximum atomic E-state index is 10.5. The lowest BCUT2D eigenvalue weighted by Gasteiger charge is -2.31. The van der Waals surface area contributed by atoms with Gasteiger partial charge in [0.05, 0.1) is 0 Å². The lowest BCUT2D eigenvalue weighted by atomic mass is 9.93. The molecule has 2 N–H and O–H groups in total. The van der Waals surface area contributed by atoms with Crippen LogP contribution >= 0.6 is 23.2 Å². The van der Waals surface area contributed by atoms with Crippen molar-refractivity contribution in [2.75, 3.05) is 0 Å². The molecule has 3 aromatic carbocycles. The minimum Gasteiger partial charge on any atom is -0.508 e. The minimum absolute atomic E-state index is 0.129. The van der Waals surface area contributed by atoms with Crippen molar-refractivity contribution < 1.29 is 5.11 Å². The number of nitrogens with zero attached hydrogens (tertiary/aromatic N) is 1. The average molecular weight is 425 g/mol. The summed E-state index contributed by atoms with van der Waals surface area (Å²) in [4.78, 5) is 4.98. The maximum Gasteiger partial charge on any atom is 0.126 e. The zero-order valence-corrected chi connectivity index (χ0v) is 17.6. The molecule has 5 heteroatoms. The Labute approximate surface area is 181 Å². The number of hydrogen-bond donors (Lipinski definition) is 2. The molecule has 0 spiro atoms. The van der Waals surface area contributed by atoms with Crippen LogP contribution in [0.15, 0.2) is 71.7 Å². The molecule has 1 heterocycles. The van der Waals surface area contributed by atoms with Gasteiger partial charge in [0.2, 0.25) is 0 Å². The molecular weight excluding hydrogens is 403 g/mol. The van der Waals surface area contributed by atoms with Crippen molar-refractivity contribution in [2.45, 2.75) is 32.0 Å². The van der Waals surface area contributed by atoms with E-state index in [4.69, 9.17) is 28.2 Å². The molecule has 0 unspecified atom stereocenters. The lowest BCUT2D eigenvalue weighted by Crippen LogP contribution is -2.33. The quantitative estimate of drug-likeness (QED) is 0.502. The zero-order valence-electron chi connectivity index (χ0n) is 16.1. The van der Waals surface area contributed by atoms with E-state index >= 15 is 0 Å². The average Bonchev–Trinajstić information content (AvgIpc) is 2.75. The molecule has 148 valence electrons. The molecule has 0 fully saturated rings. The number of aliphatic imine (C=N–C) groups is 1. The molecule has 0 aliphatic carbocycles. The summed E-state index contributed by atoms with van der Waals surface area (Å²) in [5.41, 5.74) is 5.11. The summed E-state index contributed by atoms with van der Waals surface area (Å²) >= 11 is 12.4. The summed E-state index contributed by atoms with van der Waals surface area (Å²) in [6.45, 7) is 2.14. The Balaban J connectivity index is 1.76. The molecular formula is C24H22Cl2N2O. The predicted octanol–water partition coefficient (Wildman–Crippen LogP) is 6.48. The Bertz CT molecular complexity index is 1050. The molecule has 0 amide bonds. The number of rotatable bonds is 4. The fourth-order valence-electron chi connectivity index (χ4n) is 3.67. The van der Waals surface area contributed by atoms with Crippen LogP contribution in [-0.4, -0.2) is 10.8 Å². The topological polar surface area (TPSA) is 44.6 Å². The van der Waals surface area contributed by atoms with Crippen LogP contribution in [0.1, 0.15) is 47.8 Å². The van der Waals surface area contributed by atoms with Crippen LogP contribution in [0.3, 0.4) is 0 Å². The van der Waals surface area contributed by atoms with E-state index in [0.29, 0.717) is 16.5 Å².